The summed E-state index contributed by atoms with van der Waals surface area (Å²) >= 11 is 1.70. The molecule has 0 radical (unpaired) electrons. The van der Waals surface area contributed by atoms with Gasteiger partial charge in [0.1, 0.15) is 5.75 Å². The quantitative estimate of drug-likeness (QED) is 0.659. The first-order valence-corrected chi connectivity index (χ1v) is 13.1. The number of likely N-dealkylation sites (tertiary alicyclic amines) is 2. The summed E-state index contributed by atoms with van der Waals surface area (Å²) in [6, 6.07) is 6.53. The third-order valence-corrected chi connectivity index (χ3v) is 8.03. The van der Waals surface area contributed by atoms with E-state index in [9.17, 15) is 4.79 Å². The van der Waals surface area contributed by atoms with Crippen molar-refractivity contribution in [1.29, 1.82) is 0 Å². The van der Waals surface area contributed by atoms with Crippen molar-refractivity contribution in [3.05, 3.63) is 23.8 Å². The fraction of sp³-hybridized carbons (Fsp3) is 0.720. The zero-order valence-corrected chi connectivity index (χ0v) is 20.1. The Labute approximate surface area is 192 Å². The average molecular weight is 446 g/mol. The van der Waals surface area contributed by atoms with Gasteiger partial charge in [0.15, 0.2) is 0 Å². The topological polar surface area (TPSA) is 44.8 Å². The highest BCUT2D eigenvalue weighted by Gasteiger charge is 2.32. The highest BCUT2D eigenvalue weighted by molar-refractivity contribution is 8.01. The number of carbonyl (C=O) groups excluding carboxylic acids is 1. The van der Waals surface area contributed by atoms with Crippen LogP contribution in [0.4, 0.5) is 0 Å². The molecule has 3 aliphatic rings. The number of piperidine rings is 2. The molecule has 31 heavy (non-hydrogen) atoms. The predicted molar refractivity (Wildman–Crippen MR) is 128 cm³/mol. The molecule has 4 rings (SSSR count). The first-order valence-electron chi connectivity index (χ1n) is 12.2. The highest BCUT2D eigenvalue weighted by Crippen LogP contribution is 2.42. The maximum Gasteiger partial charge on any atom is 0.234 e. The minimum absolute atomic E-state index is 0.0315. The van der Waals surface area contributed by atoms with Gasteiger partial charge in [0.2, 0.25) is 5.91 Å². The lowest BCUT2D eigenvalue weighted by Crippen LogP contribution is -2.48. The summed E-state index contributed by atoms with van der Waals surface area (Å²) in [5, 5.41) is 3.32. The van der Waals surface area contributed by atoms with Gasteiger partial charge in [-0.3, -0.25) is 4.79 Å². The number of hydrogen-bond acceptors (Lipinski definition) is 5. The molecule has 1 aromatic carbocycles. The summed E-state index contributed by atoms with van der Waals surface area (Å²) in [5.41, 5.74) is 1.21. The molecule has 0 aliphatic carbocycles. The van der Waals surface area contributed by atoms with Gasteiger partial charge in [-0.2, -0.15) is 0 Å². The maximum atomic E-state index is 13.0. The number of carbonyl (C=O) groups is 1. The van der Waals surface area contributed by atoms with Gasteiger partial charge in [-0.1, -0.05) is 26.3 Å². The van der Waals surface area contributed by atoms with E-state index in [0.717, 1.165) is 38.1 Å². The molecule has 1 unspecified atom stereocenters. The number of nitrogens with one attached hydrogen (secondary N) is 1. The van der Waals surface area contributed by atoms with Gasteiger partial charge < -0.3 is 19.9 Å². The largest absolute Gasteiger partial charge is 0.493 e. The standard InChI is InChI=1S/C25H39N3O2S/c1-19(2)18-30-22-7-6-8-23-21(22)17-24(31-23)25(29)26-20-9-13-28(14-10-20)16-15-27-11-4-3-5-12-27/h6-8,19-20,24H,3-5,9-18H2,1-2H3,(H,26,29). The molecule has 3 aliphatic heterocycles. The second-order valence-corrected chi connectivity index (χ2v) is 11.0. The summed E-state index contributed by atoms with van der Waals surface area (Å²) in [4.78, 5) is 19.4. The molecule has 172 valence electrons. The van der Waals surface area contributed by atoms with Crippen LogP contribution in [0.5, 0.6) is 5.75 Å². The number of thioether (sulfide) groups is 1. The fourth-order valence-corrected chi connectivity index (χ4v) is 6.05. The Morgan fingerprint density at radius 3 is 2.52 bits per heavy atom. The van der Waals surface area contributed by atoms with Crippen LogP contribution in [-0.2, 0) is 11.2 Å². The molecule has 5 nitrogen and oxygen atoms in total. The van der Waals surface area contributed by atoms with Gasteiger partial charge >= 0.3 is 0 Å². The number of amides is 1. The van der Waals surface area contributed by atoms with Crippen LogP contribution < -0.4 is 10.1 Å². The molecule has 0 bridgehead atoms. The number of ether oxygens (including phenoxy) is 1. The summed E-state index contributed by atoms with van der Waals surface area (Å²) in [5.74, 6) is 1.65. The SMILES string of the molecule is CC(C)COc1cccc2c1CC(C(=O)NC1CCN(CCN3CCCCC3)CC1)S2. The Kier molecular flexibility index (Phi) is 8.18. The number of benzene rings is 1. The maximum absolute atomic E-state index is 13.0. The first kappa shape index (κ1) is 22.9. The van der Waals surface area contributed by atoms with Crippen molar-refractivity contribution in [3.63, 3.8) is 0 Å². The summed E-state index contributed by atoms with van der Waals surface area (Å²) in [7, 11) is 0. The third-order valence-electron chi connectivity index (χ3n) is 6.73. The Bertz CT molecular complexity index is 727. The van der Waals surface area contributed by atoms with E-state index in [1.54, 1.807) is 11.8 Å². The highest BCUT2D eigenvalue weighted by atomic mass is 32.2. The van der Waals surface area contributed by atoms with Crippen molar-refractivity contribution in [1.82, 2.24) is 15.1 Å². The minimum atomic E-state index is -0.0315. The van der Waals surface area contributed by atoms with Crippen molar-refractivity contribution in [3.8, 4) is 5.75 Å². The predicted octanol–water partition coefficient (Wildman–Crippen LogP) is 3.80. The van der Waals surface area contributed by atoms with E-state index in [-0.39, 0.29) is 11.2 Å². The van der Waals surface area contributed by atoms with Gasteiger partial charge in [-0.25, -0.2) is 0 Å². The molecule has 0 aromatic heterocycles. The minimum Gasteiger partial charge on any atom is -0.493 e. The molecule has 1 aromatic rings. The van der Waals surface area contributed by atoms with Crippen LogP contribution in [0.1, 0.15) is 51.5 Å². The van der Waals surface area contributed by atoms with Gasteiger partial charge in [0.25, 0.3) is 0 Å². The molecular formula is C25H39N3O2S. The van der Waals surface area contributed by atoms with Crippen molar-refractivity contribution >= 4 is 17.7 Å². The van der Waals surface area contributed by atoms with Crippen LogP contribution >= 0.6 is 11.8 Å². The van der Waals surface area contributed by atoms with E-state index in [1.807, 2.05) is 12.1 Å². The molecular weight excluding hydrogens is 406 g/mol. The molecule has 6 heteroatoms. The third kappa shape index (κ3) is 6.39. The smallest absolute Gasteiger partial charge is 0.234 e. The Hall–Kier alpha value is -1.24. The Morgan fingerprint density at radius 1 is 1.10 bits per heavy atom. The Balaban J connectivity index is 1.20. The van der Waals surface area contributed by atoms with E-state index < -0.39 is 0 Å². The van der Waals surface area contributed by atoms with Crippen LogP contribution in [0, 0.1) is 5.92 Å². The zero-order valence-electron chi connectivity index (χ0n) is 19.3. The van der Waals surface area contributed by atoms with Gasteiger partial charge in [-0.05, 0) is 63.2 Å². The van der Waals surface area contributed by atoms with Gasteiger partial charge in [0.05, 0.1) is 11.9 Å². The molecule has 2 saturated heterocycles. The van der Waals surface area contributed by atoms with Crippen LogP contribution in [0.25, 0.3) is 0 Å². The summed E-state index contributed by atoms with van der Waals surface area (Å²) < 4.78 is 6.01. The second-order valence-electron chi connectivity index (χ2n) is 9.78. The number of fused-ring (bicyclic) bond motifs is 1. The fourth-order valence-electron chi connectivity index (χ4n) is 4.84. The molecule has 1 atom stereocenters. The molecule has 2 fully saturated rings. The number of nitrogens with zero attached hydrogens (tertiary/aromatic N) is 2. The lowest BCUT2D eigenvalue weighted by Gasteiger charge is -2.35. The van der Waals surface area contributed by atoms with Gasteiger partial charge in [0, 0.05) is 42.7 Å². The van der Waals surface area contributed by atoms with E-state index in [1.165, 1.54) is 55.9 Å². The zero-order chi connectivity index (χ0) is 21.6. The van der Waals surface area contributed by atoms with E-state index in [4.69, 9.17) is 4.74 Å². The summed E-state index contributed by atoms with van der Waals surface area (Å²) in [6.45, 7) is 12.2. The molecule has 1 N–H and O–H groups in total. The van der Waals surface area contributed by atoms with Crippen LogP contribution in [0.2, 0.25) is 0 Å². The second kappa shape index (κ2) is 11.1. The van der Waals surface area contributed by atoms with Crippen molar-refractivity contribution in [2.24, 2.45) is 5.92 Å². The van der Waals surface area contributed by atoms with Crippen LogP contribution in [0.15, 0.2) is 23.1 Å². The monoisotopic (exact) mass is 445 g/mol. The van der Waals surface area contributed by atoms with Gasteiger partial charge in [-0.15, -0.1) is 11.8 Å². The summed E-state index contributed by atoms with van der Waals surface area (Å²) in [6.07, 6.45) is 7.04. The lowest BCUT2D eigenvalue weighted by molar-refractivity contribution is -0.121. The molecule has 3 heterocycles. The van der Waals surface area contributed by atoms with E-state index in [0.29, 0.717) is 18.6 Å². The normalized spacial score (nSPS) is 23.1. The lowest BCUT2D eigenvalue weighted by atomic mass is 10.0. The van der Waals surface area contributed by atoms with E-state index in [2.05, 4.69) is 35.0 Å². The molecule has 0 spiro atoms. The van der Waals surface area contributed by atoms with Crippen molar-refractivity contribution in [2.75, 3.05) is 45.9 Å². The van der Waals surface area contributed by atoms with Crippen molar-refractivity contribution < 1.29 is 9.53 Å². The average Bonchev–Trinajstić information content (AvgIpc) is 3.23. The van der Waals surface area contributed by atoms with E-state index >= 15 is 0 Å². The van der Waals surface area contributed by atoms with Crippen LogP contribution in [-0.4, -0.2) is 72.9 Å². The first-order chi connectivity index (χ1) is 15.1. The molecule has 0 saturated carbocycles. The van der Waals surface area contributed by atoms with Crippen molar-refractivity contribution in [2.45, 2.75) is 68.6 Å². The molecule has 1 amide bonds. The number of hydrogen-bond donors (Lipinski definition) is 1. The number of rotatable bonds is 8. The van der Waals surface area contributed by atoms with Crippen LogP contribution in [0.3, 0.4) is 0 Å². The Morgan fingerprint density at radius 2 is 1.81 bits per heavy atom.